The van der Waals surface area contributed by atoms with Crippen molar-refractivity contribution in [3.63, 3.8) is 0 Å². The van der Waals surface area contributed by atoms with Gasteiger partial charge in [0, 0.05) is 19.5 Å². The number of aromatic nitrogens is 3. The van der Waals surface area contributed by atoms with E-state index in [0.717, 1.165) is 25.1 Å². The Hall–Kier alpha value is -1.39. The van der Waals surface area contributed by atoms with Gasteiger partial charge in [0.25, 0.3) is 5.91 Å². The molecule has 0 unspecified atom stereocenters. The van der Waals surface area contributed by atoms with Crippen molar-refractivity contribution in [3.05, 3.63) is 11.6 Å². The zero-order valence-corrected chi connectivity index (χ0v) is 10.4. The maximum atomic E-state index is 12.0. The molecule has 16 heavy (non-hydrogen) atoms. The number of H-pyrrole nitrogens is 1. The van der Waals surface area contributed by atoms with Crippen LogP contribution in [0.25, 0.3) is 0 Å². The number of aryl methyl sites for hydroxylation is 1. The van der Waals surface area contributed by atoms with Crippen LogP contribution < -0.4 is 0 Å². The van der Waals surface area contributed by atoms with E-state index >= 15 is 0 Å². The average molecular weight is 224 g/mol. The lowest BCUT2D eigenvalue weighted by molar-refractivity contribution is 0.0711. The highest BCUT2D eigenvalue weighted by molar-refractivity contribution is 5.90. The Bertz CT molecular complexity index is 344. The molecule has 0 aromatic carbocycles. The molecular weight excluding hydrogens is 204 g/mol. The third-order valence-corrected chi connectivity index (χ3v) is 2.87. The van der Waals surface area contributed by atoms with Crippen LogP contribution in [0, 0.1) is 0 Å². The lowest BCUT2D eigenvalue weighted by Crippen LogP contribution is -2.36. The summed E-state index contributed by atoms with van der Waals surface area (Å²) in [5.41, 5.74) is 0. The summed E-state index contributed by atoms with van der Waals surface area (Å²) in [7, 11) is 1.81. The highest BCUT2D eigenvalue weighted by Crippen LogP contribution is 2.09. The maximum Gasteiger partial charge on any atom is 0.293 e. The molecule has 1 heterocycles. The molecule has 90 valence electrons. The van der Waals surface area contributed by atoms with Crippen molar-refractivity contribution in [2.45, 2.75) is 46.1 Å². The molecule has 5 heteroatoms. The molecule has 0 saturated carbocycles. The average Bonchev–Trinajstić information content (AvgIpc) is 2.78. The van der Waals surface area contributed by atoms with Crippen LogP contribution in [0.15, 0.2) is 0 Å². The van der Waals surface area contributed by atoms with E-state index in [1.165, 1.54) is 0 Å². The van der Waals surface area contributed by atoms with Gasteiger partial charge >= 0.3 is 0 Å². The quantitative estimate of drug-likeness (QED) is 0.826. The lowest BCUT2D eigenvalue weighted by atomic mass is 10.1. The second kappa shape index (κ2) is 5.63. The van der Waals surface area contributed by atoms with Gasteiger partial charge in [-0.3, -0.25) is 9.89 Å². The van der Waals surface area contributed by atoms with Gasteiger partial charge in [-0.05, 0) is 12.8 Å². The first-order valence-corrected chi connectivity index (χ1v) is 5.82. The number of carbonyl (C=O) groups is 1. The minimum atomic E-state index is -0.107. The number of hydrogen-bond donors (Lipinski definition) is 1. The summed E-state index contributed by atoms with van der Waals surface area (Å²) >= 11 is 0. The molecule has 0 spiro atoms. The normalized spacial score (nSPS) is 10.8. The molecule has 1 amide bonds. The maximum absolute atomic E-state index is 12.0. The van der Waals surface area contributed by atoms with E-state index in [1.807, 2.05) is 14.0 Å². The Morgan fingerprint density at radius 2 is 2.00 bits per heavy atom. The van der Waals surface area contributed by atoms with Crippen LogP contribution in [0.4, 0.5) is 0 Å². The predicted molar refractivity (Wildman–Crippen MR) is 62.2 cm³/mol. The fraction of sp³-hybridized carbons (Fsp3) is 0.727. The van der Waals surface area contributed by atoms with Crippen LogP contribution in [-0.2, 0) is 6.42 Å². The number of nitrogens with zero attached hydrogens (tertiary/aromatic N) is 3. The van der Waals surface area contributed by atoms with Gasteiger partial charge in [-0.25, -0.2) is 4.98 Å². The lowest BCUT2D eigenvalue weighted by Gasteiger charge is -2.24. The third kappa shape index (κ3) is 2.59. The Morgan fingerprint density at radius 1 is 1.38 bits per heavy atom. The SMILES string of the molecule is CCc1nc(C(=O)N(C)C(CC)CC)n[nH]1. The van der Waals surface area contributed by atoms with E-state index in [1.54, 1.807) is 4.90 Å². The molecule has 1 aromatic heterocycles. The minimum Gasteiger partial charge on any atom is -0.336 e. The molecule has 1 N–H and O–H groups in total. The third-order valence-electron chi connectivity index (χ3n) is 2.87. The van der Waals surface area contributed by atoms with Gasteiger partial charge < -0.3 is 4.90 Å². The summed E-state index contributed by atoms with van der Waals surface area (Å²) in [6.07, 6.45) is 2.66. The summed E-state index contributed by atoms with van der Waals surface area (Å²) in [5, 5.41) is 6.69. The Kier molecular flexibility index (Phi) is 4.46. The van der Waals surface area contributed by atoms with Crippen molar-refractivity contribution in [2.75, 3.05) is 7.05 Å². The number of hydrogen-bond acceptors (Lipinski definition) is 3. The Morgan fingerprint density at radius 3 is 2.44 bits per heavy atom. The largest absolute Gasteiger partial charge is 0.336 e. The zero-order valence-electron chi connectivity index (χ0n) is 10.4. The van der Waals surface area contributed by atoms with Crippen molar-refractivity contribution in [1.29, 1.82) is 0 Å². The molecule has 0 saturated heterocycles. The van der Waals surface area contributed by atoms with E-state index in [2.05, 4.69) is 29.0 Å². The van der Waals surface area contributed by atoms with E-state index in [4.69, 9.17) is 0 Å². The van der Waals surface area contributed by atoms with Crippen LogP contribution >= 0.6 is 0 Å². The molecule has 1 rings (SSSR count). The first-order valence-electron chi connectivity index (χ1n) is 5.82. The van der Waals surface area contributed by atoms with E-state index in [-0.39, 0.29) is 17.8 Å². The molecule has 0 fully saturated rings. The molecule has 0 aliphatic carbocycles. The van der Waals surface area contributed by atoms with Gasteiger partial charge in [0.05, 0.1) is 0 Å². The number of nitrogens with one attached hydrogen (secondary N) is 1. The highest BCUT2D eigenvalue weighted by Gasteiger charge is 2.21. The van der Waals surface area contributed by atoms with E-state index in [0.29, 0.717) is 0 Å². The summed E-state index contributed by atoms with van der Waals surface area (Å²) in [4.78, 5) is 17.9. The number of carbonyl (C=O) groups excluding carboxylic acids is 1. The highest BCUT2D eigenvalue weighted by atomic mass is 16.2. The van der Waals surface area contributed by atoms with Crippen LogP contribution in [0.2, 0.25) is 0 Å². The van der Waals surface area contributed by atoms with Gasteiger partial charge in [0.1, 0.15) is 5.82 Å². The minimum absolute atomic E-state index is 0.107. The Balaban J connectivity index is 2.76. The predicted octanol–water partition coefficient (Wildman–Crippen LogP) is 1.63. The summed E-state index contributed by atoms with van der Waals surface area (Å²) in [6.45, 7) is 6.13. The van der Waals surface area contributed by atoms with Gasteiger partial charge in [0.2, 0.25) is 5.82 Å². The van der Waals surface area contributed by atoms with Crippen molar-refractivity contribution in [3.8, 4) is 0 Å². The van der Waals surface area contributed by atoms with E-state index < -0.39 is 0 Å². The monoisotopic (exact) mass is 224 g/mol. The van der Waals surface area contributed by atoms with Crippen molar-refractivity contribution >= 4 is 5.91 Å². The van der Waals surface area contributed by atoms with Gasteiger partial charge in [-0.2, -0.15) is 0 Å². The fourth-order valence-electron chi connectivity index (χ4n) is 1.71. The fourth-order valence-corrected chi connectivity index (χ4v) is 1.71. The molecule has 0 atom stereocenters. The molecule has 0 bridgehead atoms. The van der Waals surface area contributed by atoms with Crippen molar-refractivity contribution in [1.82, 2.24) is 20.1 Å². The summed E-state index contributed by atoms with van der Waals surface area (Å²) in [6, 6.07) is 0.260. The zero-order chi connectivity index (χ0) is 12.1. The van der Waals surface area contributed by atoms with Gasteiger partial charge in [-0.15, -0.1) is 5.10 Å². The second-order valence-corrected chi connectivity index (χ2v) is 3.85. The van der Waals surface area contributed by atoms with Crippen LogP contribution in [0.3, 0.4) is 0 Å². The van der Waals surface area contributed by atoms with Crippen LogP contribution in [-0.4, -0.2) is 39.1 Å². The smallest absolute Gasteiger partial charge is 0.293 e. The molecule has 0 aliphatic heterocycles. The molecule has 1 aromatic rings. The topological polar surface area (TPSA) is 61.9 Å². The summed E-state index contributed by atoms with van der Waals surface area (Å²) in [5.74, 6) is 0.914. The molecule has 0 radical (unpaired) electrons. The van der Waals surface area contributed by atoms with Crippen LogP contribution in [0.1, 0.15) is 50.1 Å². The van der Waals surface area contributed by atoms with Gasteiger partial charge in [-0.1, -0.05) is 20.8 Å². The number of rotatable bonds is 5. The number of amides is 1. The first-order chi connectivity index (χ1) is 7.63. The molecular formula is C11H20N4O. The standard InChI is InChI=1S/C11H20N4O/c1-5-8(6-2)15(4)11(16)10-12-9(7-3)13-14-10/h8H,5-7H2,1-4H3,(H,12,13,14). The first kappa shape index (κ1) is 12.7. The van der Waals surface area contributed by atoms with Crippen molar-refractivity contribution < 1.29 is 4.79 Å². The second-order valence-electron chi connectivity index (χ2n) is 3.85. The van der Waals surface area contributed by atoms with Crippen LogP contribution in [0.5, 0.6) is 0 Å². The molecule has 5 nitrogen and oxygen atoms in total. The van der Waals surface area contributed by atoms with E-state index in [9.17, 15) is 4.79 Å². The Labute approximate surface area is 96.3 Å². The number of aromatic amines is 1. The summed E-state index contributed by atoms with van der Waals surface area (Å²) < 4.78 is 0. The van der Waals surface area contributed by atoms with Gasteiger partial charge in [0.15, 0.2) is 0 Å². The molecule has 0 aliphatic rings. The van der Waals surface area contributed by atoms with Crippen molar-refractivity contribution in [2.24, 2.45) is 0 Å².